The van der Waals surface area contributed by atoms with E-state index >= 15 is 0 Å². The van der Waals surface area contributed by atoms with Crippen LogP contribution in [0.15, 0.2) is 0 Å². The molecule has 3 heteroatoms. The van der Waals surface area contributed by atoms with Gasteiger partial charge in [-0.1, -0.05) is 46.0 Å². The number of H-pyrrole nitrogens is 1. The molecule has 0 radical (unpaired) electrons. The zero-order valence-electron chi connectivity index (χ0n) is 10.5. The Labute approximate surface area is 98.1 Å². The molecule has 3 nitrogen and oxygen atoms in total. The van der Waals surface area contributed by atoms with Crippen LogP contribution in [0, 0.1) is 5.92 Å². The van der Waals surface area contributed by atoms with Crippen LogP contribution in [-0.2, 0) is 6.42 Å². The van der Waals surface area contributed by atoms with Gasteiger partial charge in [-0.15, -0.1) is 0 Å². The van der Waals surface area contributed by atoms with E-state index in [1.165, 1.54) is 38.5 Å². The van der Waals surface area contributed by atoms with Crippen molar-refractivity contribution in [3.05, 3.63) is 11.6 Å². The monoisotopic (exact) mass is 221 g/mol. The normalized spacial score (nSPS) is 18.2. The minimum Gasteiger partial charge on any atom is -0.263 e. The molecule has 0 aliphatic heterocycles. The predicted molar refractivity (Wildman–Crippen MR) is 65.4 cm³/mol. The van der Waals surface area contributed by atoms with Crippen molar-refractivity contribution >= 4 is 0 Å². The minimum atomic E-state index is 0.430. The molecular weight excluding hydrogens is 198 g/mol. The number of hydrogen-bond acceptors (Lipinski definition) is 2. The highest BCUT2D eigenvalue weighted by atomic mass is 15.2. The molecule has 0 amide bonds. The Morgan fingerprint density at radius 2 is 2.00 bits per heavy atom. The van der Waals surface area contributed by atoms with Gasteiger partial charge in [-0.25, -0.2) is 4.98 Å². The zero-order valence-corrected chi connectivity index (χ0v) is 10.5. The van der Waals surface area contributed by atoms with Gasteiger partial charge in [0.25, 0.3) is 0 Å². The first-order valence-electron chi connectivity index (χ1n) is 6.67. The fourth-order valence-electron chi connectivity index (χ4n) is 2.50. The quantitative estimate of drug-likeness (QED) is 0.846. The first-order valence-corrected chi connectivity index (χ1v) is 6.67. The van der Waals surface area contributed by atoms with Crippen molar-refractivity contribution in [3.8, 4) is 0 Å². The molecule has 0 spiro atoms. The lowest BCUT2D eigenvalue weighted by molar-refractivity contribution is 0.337. The summed E-state index contributed by atoms with van der Waals surface area (Å²) in [6.07, 6.45) is 9.50. The Hall–Kier alpha value is -0.860. The van der Waals surface area contributed by atoms with E-state index in [0.717, 1.165) is 24.0 Å². The number of nitrogens with one attached hydrogen (secondary N) is 1. The maximum absolute atomic E-state index is 4.53. The van der Waals surface area contributed by atoms with Crippen molar-refractivity contribution < 1.29 is 0 Å². The SMILES string of the molecule is CC(C)c1n[nH]c(CCC2CCCCC2)n1. The molecule has 1 aliphatic rings. The second-order valence-electron chi connectivity index (χ2n) is 5.34. The molecule has 1 aromatic rings. The van der Waals surface area contributed by atoms with Crippen molar-refractivity contribution in [2.24, 2.45) is 5.92 Å². The largest absolute Gasteiger partial charge is 0.263 e. The zero-order chi connectivity index (χ0) is 11.4. The van der Waals surface area contributed by atoms with E-state index in [4.69, 9.17) is 0 Å². The van der Waals surface area contributed by atoms with Gasteiger partial charge in [0.1, 0.15) is 5.82 Å². The lowest BCUT2D eigenvalue weighted by atomic mass is 9.86. The fraction of sp³-hybridized carbons (Fsp3) is 0.846. The maximum Gasteiger partial charge on any atom is 0.153 e. The molecule has 2 rings (SSSR count). The van der Waals surface area contributed by atoms with Gasteiger partial charge in [0.2, 0.25) is 0 Å². The van der Waals surface area contributed by atoms with Crippen LogP contribution < -0.4 is 0 Å². The number of aromatic amines is 1. The van der Waals surface area contributed by atoms with Crippen molar-refractivity contribution in [2.45, 2.75) is 64.7 Å². The van der Waals surface area contributed by atoms with Crippen LogP contribution in [0.1, 0.15) is 69.9 Å². The summed E-state index contributed by atoms with van der Waals surface area (Å²) in [6, 6.07) is 0. The molecule has 1 saturated carbocycles. The number of nitrogens with zero attached hydrogens (tertiary/aromatic N) is 2. The van der Waals surface area contributed by atoms with E-state index in [-0.39, 0.29) is 0 Å². The molecule has 0 atom stereocenters. The summed E-state index contributed by atoms with van der Waals surface area (Å²) in [6.45, 7) is 4.27. The first-order chi connectivity index (χ1) is 7.75. The average Bonchev–Trinajstić information content (AvgIpc) is 2.76. The number of hydrogen-bond donors (Lipinski definition) is 1. The molecule has 1 heterocycles. The molecular formula is C13H23N3. The summed E-state index contributed by atoms with van der Waals surface area (Å²) in [4.78, 5) is 4.53. The Morgan fingerprint density at radius 1 is 1.25 bits per heavy atom. The lowest BCUT2D eigenvalue weighted by Gasteiger charge is -2.20. The predicted octanol–water partition coefficient (Wildman–Crippen LogP) is 3.44. The number of aromatic nitrogens is 3. The summed E-state index contributed by atoms with van der Waals surface area (Å²) >= 11 is 0. The van der Waals surface area contributed by atoms with Gasteiger partial charge >= 0.3 is 0 Å². The molecule has 90 valence electrons. The van der Waals surface area contributed by atoms with E-state index in [2.05, 4.69) is 29.0 Å². The van der Waals surface area contributed by atoms with E-state index in [1.807, 2.05) is 0 Å². The Balaban J connectivity index is 1.79. The highest BCUT2D eigenvalue weighted by molar-refractivity contribution is 4.95. The summed E-state index contributed by atoms with van der Waals surface area (Å²) < 4.78 is 0. The molecule has 1 aromatic heterocycles. The summed E-state index contributed by atoms with van der Waals surface area (Å²) in [5.74, 6) is 3.40. The van der Waals surface area contributed by atoms with Crippen molar-refractivity contribution in [2.75, 3.05) is 0 Å². The van der Waals surface area contributed by atoms with Crippen molar-refractivity contribution in [1.82, 2.24) is 15.2 Å². The van der Waals surface area contributed by atoms with Crippen LogP contribution in [0.3, 0.4) is 0 Å². The topological polar surface area (TPSA) is 41.6 Å². The van der Waals surface area contributed by atoms with E-state index in [1.54, 1.807) is 0 Å². The maximum atomic E-state index is 4.53. The van der Waals surface area contributed by atoms with Gasteiger partial charge in [-0.3, -0.25) is 5.10 Å². The van der Waals surface area contributed by atoms with E-state index in [9.17, 15) is 0 Å². The summed E-state index contributed by atoms with van der Waals surface area (Å²) in [5.41, 5.74) is 0. The van der Waals surface area contributed by atoms with Gasteiger partial charge in [0.15, 0.2) is 5.82 Å². The van der Waals surface area contributed by atoms with Gasteiger partial charge in [0, 0.05) is 12.3 Å². The van der Waals surface area contributed by atoms with Crippen molar-refractivity contribution in [1.29, 1.82) is 0 Å². The van der Waals surface area contributed by atoms with Crippen LogP contribution in [0.2, 0.25) is 0 Å². The number of aryl methyl sites for hydroxylation is 1. The van der Waals surface area contributed by atoms with Gasteiger partial charge in [0.05, 0.1) is 0 Å². The Bertz CT molecular complexity index is 311. The van der Waals surface area contributed by atoms with Crippen LogP contribution >= 0.6 is 0 Å². The summed E-state index contributed by atoms with van der Waals surface area (Å²) in [5, 5.41) is 7.31. The van der Waals surface area contributed by atoms with Crippen molar-refractivity contribution in [3.63, 3.8) is 0 Å². The van der Waals surface area contributed by atoms with Crippen LogP contribution in [-0.4, -0.2) is 15.2 Å². The lowest BCUT2D eigenvalue weighted by Crippen LogP contribution is -2.07. The third kappa shape index (κ3) is 3.06. The minimum absolute atomic E-state index is 0.430. The molecule has 1 aliphatic carbocycles. The number of rotatable bonds is 4. The average molecular weight is 221 g/mol. The molecule has 0 bridgehead atoms. The highest BCUT2D eigenvalue weighted by Crippen LogP contribution is 2.27. The van der Waals surface area contributed by atoms with Crippen LogP contribution in [0.25, 0.3) is 0 Å². The van der Waals surface area contributed by atoms with Gasteiger partial charge in [-0.2, -0.15) is 5.10 Å². The summed E-state index contributed by atoms with van der Waals surface area (Å²) in [7, 11) is 0. The fourth-order valence-corrected chi connectivity index (χ4v) is 2.50. The molecule has 0 aromatic carbocycles. The first kappa shape index (κ1) is 11.6. The highest BCUT2D eigenvalue weighted by Gasteiger charge is 2.14. The van der Waals surface area contributed by atoms with Crippen LogP contribution in [0.4, 0.5) is 0 Å². The third-order valence-corrected chi connectivity index (χ3v) is 3.58. The Kier molecular flexibility index (Phi) is 3.97. The third-order valence-electron chi connectivity index (χ3n) is 3.58. The standard InChI is InChI=1S/C13H23N3/c1-10(2)13-14-12(15-16-13)9-8-11-6-4-3-5-7-11/h10-11H,3-9H2,1-2H3,(H,14,15,16). The van der Waals surface area contributed by atoms with Gasteiger partial charge < -0.3 is 0 Å². The van der Waals surface area contributed by atoms with E-state index < -0.39 is 0 Å². The molecule has 1 fully saturated rings. The molecule has 16 heavy (non-hydrogen) atoms. The molecule has 0 unspecified atom stereocenters. The van der Waals surface area contributed by atoms with E-state index in [0.29, 0.717) is 5.92 Å². The molecule has 0 saturated heterocycles. The second-order valence-corrected chi connectivity index (χ2v) is 5.34. The molecule has 1 N–H and O–H groups in total. The Morgan fingerprint density at radius 3 is 2.62 bits per heavy atom. The smallest absolute Gasteiger partial charge is 0.153 e. The van der Waals surface area contributed by atoms with Gasteiger partial charge in [-0.05, 0) is 12.3 Å². The second kappa shape index (κ2) is 5.46. The van der Waals surface area contributed by atoms with Crippen LogP contribution in [0.5, 0.6) is 0 Å².